The SMILES string of the molecule is O=C(CC(CC(=O)c1ccccn1)c1cccc2cc3cccc(C(CC(=O)c4ccccn4)CC(=O)c4ccccn4)c3cc12)c1ccccn1. The second-order valence-electron chi connectivity index (χ2n) is 12.8. The van der Waals surface area contributed by atoms with E-state index in [2.05, 4.69) is 32.1 Å². The van der Waals surface area contributed by atoms with Crippen molar-refractivity contribution in [2.45, 2.75) is 37.5 Å². The van der Waals surface area contributed by atoms with Crippen molar-refractivity contribution >= 4 is 44.7 Å². The fourth-order valence-electron chi connectivity index (χ4n) is 6.82. The molecule has 254 valence electrons. The number of hydrogen-bond acceptors (Lipinski definition) is 8. The Morgan fingerprint density at radius 3 is 1.00 bits per heavy atom. The van der Waals surface area contributed by atoms with Crippen LogP contribution in [0, 0.1) is 0 Å². The molecule has 7 rings (SSSR count). The zero-order valence-electron chi connectivity index (χ0n) is 28.3. The highest BCUT2D eigenvalue weighted by Gasteiger charge is 2.26. The van der Waals surface area contributed by atoms with Gasteiger partial charge in [-0.2, -0.15) is 0 Å². The van der Waals surface area contributed by atoms with Gasteiger partial charge in [-0.25, -0.2) is 0 Å². The van der Waals surface area contributed by atoms with Crippen LogP contribution in [0.4, 0.5) is 0 Å². The Labute approximate surface area is 300 Å². The molecule has 0 aliphatic heterocycles. The van der Waals surface area contributed by atoms with Gasteiger partial charge in [-0.3, -0.25) is 39.1 Å². The number of rotatable bonds is 14. The molecule has 0 saturated carbocycles. The maximum absolute atomic E-state index is 13.6. The average Bonchev–Trinajstić information content (AvgIpc) is 3.20. The summed E-state index contributed by atoms with van der Waals surface area (Å²) in [6.07, 6.45) is 6.59. The molecule has 4 aromatic heterocycles. The van der Waals surface area contributed by atoms with Crippen molar-refractivity contribution in [1.82, 2.24) is 19.9 Å². The van der Waals surface area contributed by atoms with Gasteiger partial charge >= 0.3 is 0 Å². The number of carbonyl (C=O) groups is 4. The molecule has 0 bridgehead atoms. The number of nitrogens with zero attached hydrogens (tertiary/aromatic N) is 4. The van der Waals surface area contributed by atoms with E-state index in [4.69, 9.17) is 0 Å². The molecule has 0 unspecified atom stereocenters. The van der Waals surface area contributed by atoms with E-state index in [9.17, 15) is 19.2 Å². The summed E-state index contributed by atoms with van der Waals surface area (Å²) >= 11 is 0. The third kappa shape index (κ3) is 7.61. The molecule has 8 nitrogen and oxygen atoms in total. The minimum atomic E-state index is -0.482. The molecule has 0 N–H and O–H groups in total. The smallest absolute Gasteiger partial charge is 0.181 e. The Bertz CT molecular complexity index is 2110. The first kappa shape index (κ1) is 33.9. The molecule has 8 heteroatoms. The summed E-state index contributed by atoms with van der Waals surface area (Å²) in [5.41, 5.74) is 3.03. The predicted octanol–water partition coefficient (Wildman–Crippen LogP) is 8.83. The molecule has 0 radical (unpaired) electrons. The summed E-state index contributed by atoms with van der Waals surface area (Å²) < 4.78 is 0. The van der Waals surface area contributed by atoms with Gasteiger partial charge in [0, 0.05) is 50.5 Å². The number of Topliss-reactive ketones (excluding diaryl/α,β-unsaturated/α-hetero) is 4. The van der Waals surface area contributed by atoms with Gasteiger partial charge in [-0.05, 0) is 105 Å². The fourth-order valence-corrected chi connectivity index (χ4v) is 6.82. The molecule has 0 amide bonds. The van der Waals surface area contributed by atoms with Crippen LogP contribution in [0.5, 0.6) is 0 Å². The van der Waals surface area contributed by atoms with E-state index in [0.29, 0.717) is 22.8 Å². The van der Waals surface area contributed by atoms with Gasteiger partial charge in [0.05, 0.1) is 0 Å². The molecular weight excluding hydrogens is 649 g/mol. The first-order valence-corrected chi connectivity index (χ1v) is 17.2. The van der Waals surface area contributed by atoms with E-state index in [1.54, 1.807) is 97.6 Å². The van der Waals surface area contributed by atoms with E-state index < -0.39 is 11.8 Å². The Morgan fingerprint density at radius 1 is 0.385 bits per heavy atom. The largest absolute Gasteiger partial charge is 0.292 e. The van der Waals surface area contributed by atoms with Crippen LogP contribution in [0.2, 0.25) is 0 Å². The molecule has 7 aromatic rings. The Morgan fingerprint density at radius 2 is 0.712 bits per heavy atom. The number of benzene rings is 3. The Hall–Kier alpha value is -6.54. The zero-order valence-corrected chi connectivity index (χ0v) is 28.3. The minimum absolute atomic E-state index is 0.0637. The van der Waals surface area contributed by atoms with Crippen LogP contribution in [0.15, 0.2) is 146 Å². The summed E-state index contributed by atoms with van der Waals surface area (Å²) in [7, 11) is 0. The zero-order chi connectivity index (χ0) is 35.9. The van der Waals surface area contributed by atoms with Gasteiger partial charge in [-0.15, -0.1) is 0 Å². The second-order valence-corrected chi connectivity index (χ2v) is 12.8. The lowest BCUT2D eigenvalue weighted by molar-refractivity contribution is 0.0923. The van der Waals surface area contributed by atoms with Crippen LogP contribution in [0.1, 0.15) is 90.6 Å². The van der Waals surface area contributed by atoms with Crippen molar-refractivity contribution in [1.29, 1.82) is 0 Å². The molecule has 0 aliphatic carbocycles. The van der Waals surface area contributed by atoms with Crippen molar-refractivity contribution < 1.29 is 19.2 Å². The van der Waals surface area contributed by atoms with Crippen molar-refractivity contribution in [3.8, 4) is 0 Å². The van der Waals surface area contributed by atoms with Gasteiger partial charge in [0.2, 0.25) is 0 Å². The first-order chi connectivity index (χ1) is 25.4. The fraction of sp³-hybridized carbons (Fsp3) is 0.136. The van der Waals surface area contributed by atoms with E-state index in [1.165, 1.54) is 0 Å². The third-order valence-electron chi connectivity index (χ3n) is 9.36. The molecule has 0 fully saturated rings. The van der Waals surface area contributed by atoms with Gasteiger partial charge < -0.3 is 0 Å². The summed E-state index contributed by atoms with van der Waals surface area (Å²) in [5.74, 6) is -1.63. The maximum Gasteiger partial charge on any atom is 0.181 e. The van der Waals surface area contributed by atoms with E-state index in [0.717, 1.165) is 32.7 Å². The molecule has 0 aliphatic rings. The molecule has 4 heterocycles. The minimum Gasteiger partial charge on any atom is -0.292 e. The molecule has 52 heavy (non-hydrogen) atoms. The van der Waals surface area contributed by atoms with Crippen molar-refractivity contribution in [3.05, 3.63) is 180 Å². The summed E-state index contributed by atoms with van der Waals surface area (Å²) in [5, 5.41) is 3.63. The molecular formula is C44H34N4O4. The number of ketones is 4. The highest BCUT2D eigenvalue weighted by molar-refractivity contribution is 6.04. The highest BCUT2D eigenvalue weighted by atomic mass is 16.1. The molecule has 0 saturated heterocycles. The number of aromatic nitrogens is 4. The summed E-state index contributed by atoms with van der Waals surface area (Å²) in [6, 6.07) is 36.8. The van der Waals surface area contributed by atoms with Crippen molar-refractivity contribution in [3.63, 3.8) is 0 Å². The van der Waals surface area contributed by atoms with Crippen molar-refractivity contribution in [2.75, 3.05) is 0 Å². The normalized spacial score (nSPS) is 11.3. The summed E-state index contributed by atoms with van der Waals surface area (Å²) in [4.78, 5) is 71.6. The highest BCUT2D eigenvalue weighted by Crippen LogP contribution is 2.38. The number of carbonyl (C=O) groups excluding carboxylic acids is 4. The molecule has 3 aromatic carbocycles. The molecule has 0 spiro atoms. The van der Waals surface area contributed by atoms with Crippen LogP contribution in [-0.4, -0.2) is 43.1 Å². The van der Waals surface area contributed by atoms with E-state index in [-0.39, 0.29) is 48.8 Å². The predicted molar refractivity (Wildman–Crippen MR) is 200 cm³/mol. The average molecular weight is 683 g/mol. The van der Waals surface area contributed by atoms with E-state index >= 15 is 0 Å². The van der Waals surface area contributed by atoms with Crippen LogP contribution >= 0.6 is 0 Å². The van der Waals surface area contributed by atoms with Crippen LogP contribution < -0.4 is 0 Å². The Balaban J connectivity index is 1.33. The topological polar surface area (TPSA) is 120 Å². The lowest BCUT2D eigenvalue weighted by atomic mass is 9.82. The third-order valence-corrected chi connectivity index (χ3v) is 9.36. The van der Waals surface area contributed by atoms with Gasteiger partial charge in [0.1, 0.15) is 22.8 Å². The van der Waals surface area contributed by atoms with Crippen LogP contribution in [0.3, 0.4) is 0 Å². The van der Waals surface area contributed by atoms with Crippen molar-refractivity contribution in [2.24, 2.45) is 0 Å². The maximum atomic E-state index is 13.6. The number of pyridine rings is 4. The lowest BCUT2D eigenvalue weighted by Crippen LogP contribution is -2.15. The summed E-state index contributed by atoms with van der Waals surface area (Å²) in [6.45, 7) is 0. The van der Waals surface area contributed by atoms with Crippen LogP contribution in [0.25, 0.3) is 21.5 Å². The second kappa shape index (κ2) is 15.6. The monoisotopic (exact) mass is 682 g/mol. The Kier molecular flexibility index (Phi) is 10.2. The standard InChI is InChI=1S/C44H34N4O4/c49-41(37-15-1-5-19-45-37)24-31(25-42(50)38-16-2-6-20-46-38)33-13-9-11-29-23-30-12-10-14-34(36(30)28-35(29)33)32(26-43(51)39-17-3-7-21-47-39)27-44(52)40-18-4-8-22-48-40/h1-23,28,31-32H,24-27H2. The molecule has 0 atom stereocenters. The van der Waals surface area contributed by atoms with E-state index in [1.807, 2.05) is 36.4 Å². The van der Waals surface area contributed by atoms with Gasteiger partial charge in [-0.1, -0.05) is 60.7 Å². The number of hydrogen-bond donors (Lipinski definition) is 0. The van der Waals surface area contributed by atoms with Crippen LogP contribution in [-0.2, 0) is 0 Å². The first-order valence-electron chi connectivity index (χ1n) is 17.2. The lowest BCUT2D eigenvalue weighted by Gasteiger charge is -2.21. The number of fused-ring (bicyclic) bond motifs is 2. The van der Waals surface area contributed by atoms with Gasteiger partial charge in [0.15, 0.2) is 23.1 Å². The quantitative estimate of drug-likeness (QED) is 0.0824. The van der Waals surface area contributed by atoms with Gasteiger partial charge in [0.25, 0.3) is 0 Å².